The second-order valence-electron chi connectivity index (χ2n) is 6.16. The maximum absolute atomic E-state index is 12.7. The van der Waals surface area contributed by atoms with Gasteiger partial charge in [-0.05, 0) is 50.6 Å². The molecule has 1 N–H and O–H groups in total. The summed E-state index contributed by atoms with van der Waals surface area (Å²) in [4.78, 5) is 25.7. The summed E-state index contributed by atoms with van der Waals surface area (Å²) >= 11 is 0. The van der Waals surface area contributed by atoms with Gasteiger partial charge in [0, 0.05) is 18.7 Å². The van der Waals surface area contributed by atoms with Crippen molar-refractivity contribution in [3.8, 4) is 5.75 Å². The van der Waals surface area contributed by atoms with Crippen molar-refractivity contribution in [1.82, 2.24) is 0 Å². The number of anilines is 2. The molecule has 0 radical (unpaired) electrons. The average molecular weight is 340 g/mol. The highest BCUT2D eigenvalue weighted by Gasteiger charge is 2.20. The largest absolute Gasteiger partial charge is 0.482 e. The third-order valence-corrected chi connectivity index (χ3v) is 3.62. The number of carbonyl (C=O) groups is 2. The number of hydrogen-bond donors (Lipinski definition) is 1. The van der Waals surface area contributed by atoms with Gasteiger partial charge in [-0.2, -0.15) is 0 Å². The van der Waals surface area contributed by atoms with Gasteiger partial charge in [-0.15, -0.1) is 0 Å². The molecule has 2 amide bonds. The van der Waals surface area contributed by atoms with Crippen molar-refractivity contribution in [2.45, 2.75) is 33.7 Å². The van der Waals surface area contributed by atoms with Crippen molar-refractivity contribution in [2.24, 2.45) is 0 Å². The Labute approximate surface area is 148 Å². The second-order valence-corrected chi connectivity index (χ2v) is 6.16. The zero-order valence-corrected chi connectivity index (χ0v) is 15.1. The molecule has 5 heteroatoms. The molecule has 0 aliphatic carbocycles. The Morgan fingerprint density at radius 3 is 2.40 bits per heavy atom. The molecule has 0 saturated carbocycles. The van der Waals surface area contributed by atoms with Crippen LogP contribution in [0.25, 0.3) is 0 Å². The maximum atomic E-state index is 12.7. The number of nitrogens with zero attached hydrogens (tertiary/aromatic N) is 1. The van der Waals surface area contributed by atoms with Gasteiger partial charge in [-0.25, -0.2) is 0 Å². The minimum absolute atomic E-state index is 0.00539. The molecule has 25 heavy (non-hydrogen) atoms. The molecule has 0 spiro atoms. The third-order valence-electron chi connectivity index (χ3n) is 3.62. The highest BCUT2D eigenvalue weighted by Crippen LogP contribution is 2.26. The molecule has 2 rings (SSSR count). The minimum Gasteiger partial charge on any atom is -0.482 e. The molecule has 2 aromatic rings. The van der Waals surface area contributed by atoms with Crippen LogP contribution in [0.5, 0.6) is 5.75 Å². The van der Waals surface area contributed by atoms with E-state index in [1.54, 1.807) is 17.0 Å². The lowest BCUT2D eigenvalue weighted by molar-refractivity contribution is -0.120. The van der Waals surface area contributed by atoms with E-state index in [1.807, 2.05) is 57.2 Å². The Hall–Kier alpha value is -2.82. The Kier molecular flexibility index (Phi) is 6.17. The van der Waals surface area contributed by atoms with E-state index in [4.69, 9.17) is 4.74 Å². The lowest BCUT2D eigenvalue weighted by Gasteiger charge is -2.27. The number of nitrogens with one attached hydrogen (secondary N) is 1. The Balaban J connectivity index is 2.15. The first-order chi connectivity index (χ1) is 11.9. The average Bonchev–Trinajstić information content (AvgIpc) is 2.55. The fourth-order valence-corrected chi connectivity index (χ4v) is 2.57. The van der Waals surface area contributed by atoms with Gasteiger partial charge in [0.1, 0.15) is 5.75 Å². The zero-order chi connectivity index (χ0) is 18.4. The summed E-state index contributed by atoms with van der Waals surface area (Å²) in [7, 11) is 0. The standard InChI is InChI=1S/C20H24N2O3/c1-14(2)22(17-8-6-5-7-9-17)20(24)13-25-19-12-15(3)10-11-18(19)21-16(4)23/h5-12,14H,13H2,1-4H3,(H,21,23). The van der Waals surface area contributed by atoms with Gasteiger partial charge in [0.15, 0.2) is 6.61 Å². The molecule has 0 atom stereocenters. The van der Waals surface area contributed by atoms with Gasteiger partial charge in [-0.3, -0.25) is 9.59 Å². The summed E-state index contributed by atoms with van der Waals surface area (Å²) in [6.07, 6.45) is 0. The van der Waals surface area contributed by atoms with Gasteiger partial charge in [-0.1, -0.05) is 24.3 Å². The van der Waals surface area contributed by atoms with Gasteiger partial charge >= 0.3 is 0 Å². The van der Waals surface area contributed by atoms with Crippen LogP contribution in [-0.2, 0) is 9.59 Å². The van der Waals surface area contributed by atoms with Crippen molar-refractivity contribution in [3.05, 3.63) is 54.1 Å². The molecule has 0 saturated heterocycles. The predicted molar refractivity (Wildman–Crippen MR) is 100 cm³/mol. The first kappa shape index (κ1) is 18.5. The van der Waals surface area contributed by atoms with Crippen LogP contribution in [0.1, 0.15) is 26.3 Å². The Morgan fingerprint density at radius 2 is 1.80 bits per heavy atom. The molecule has 0 aliphatic rings. The number of ether oxygens (including phenoxy) is 1. The fourth-order valence-electron chi connectivity index (χ4n) is 2.57. The number of aryl methyl sites for hydroxylation is 1. The van der Waals surface area contributed by atoms with Gasteiger partial charge in [0.25, 0.3) is 5.91 Å². The van der Waals surface area contributed by atoms with E-state index >= 15 is 0 Å². The smallest absolute Gasteiger partial charge is 0.265 e. The van der Waals surface area contributed by atoms with Crippen LogP contribution in [0.4, 0.5) is 11.4 Å². The first-order valence-corrected chi connectivity index (χ1v) is 8.26. The van der Waals surface area contributed by atoms with E-state index in [2.05, 4.69) is 5.32 Å². The highest BCUT2D eigenvalue weighted by atomic mass is 16.5. The van der Waals surface area contributed by atoms with Crippen molar-refractivity contribution in [1.29, 1.82) is 0 Å². The molecule has 132 valence electrons. The van der Waals surface area contributed by atoms with Gasteiger partial charge in [0.05, 0.1) is 5.69 Å². The monoisotopic (exact) mass is 340 g/mol. The van der Waals surface area contributed by atoms with E-state index in [1.165, 1.54) is 6.92 Å². The first-order valence-electron chi connectivity index (χ1n) is 8.26. The Bertz CT molecular complexity index is 742. The van der Waals surface area contributed by atoms with Crippen LogP contribution < -0.4 is 15.0 Å². The number of hydrogen-bond acceptors (Lipinski definition) is 3. The van der Waals surface area contributed by atoms with Gasteiger partial charge in [0.2, 0.25) is 5.91 Å². The summed E-state index contributed by atoms with van der Waals surface area (Å²) in [6, 6.07) is 15.0. The summed E-state index contributed by atoms with van der Waals surface area (Å²) in [6.45, 7) is 7.17. The van der Waals surface area contributed by atoms with E-state index in [9.17, 15) is 9.59 Å². The quantitative estimate of drug-likeness (QED) is 0.871. The molecule has 5 nitrogen and oxygen atoms in total. The molecule has 0 heterocycles. The number of para-hydroxylation sites is 1. The summed E-state index contributed by atoms with van der Waals surface area (Å²) < 4.78 is 5.73. The van der Waals surface area contributed by atoms with Crippen LogP contribution in [0.3, 0.4) is 0 Å². The molecule has 0 bridgehead atoms. The SMILES string of the molecule is CC(=O)Nc1ccc(C)cc1OCC(=O)N(c1ccccc1)C(C)C. The van der Waals surface area contributed by atoms with Crippen molar-refractivity contribution < 1.29 is 14.3 Å². The number of rotatable bonds is 6. The molecule has 0 fully saturated rings. The van der Waals surface area contributed by atoms with Gasteiger partial charge < -0.3 is 15.0 Å². The maximum Gasteiger partial charge on any atom is 0.265 e. The van der Waals surface area contributed by atoms with Crippen molar-refractivity contribution >= 4 is 23.2 Å². The third kappa shape index (κ3) is 5.08. The van der Waals surface area contributed by atoms with Crippen LogP contribution in [0.15, 0.2) is 48.5 Å². The van der Waals surface area contributed by atoms with Crippen molar-refractivity contribution in [3.63, 3.8) is 0 Å². The molecule has 0 aliphatic heterocycles. The molecule has 0 unspecified atom stereocenters. The van der Waals surface area contributed by atoms with Crippen LogP contribution in [-0.4, -0.2) is 24.5 Å². The van der Waals surface area contributed by atoms with E-state index in [0.717, 1.165) is 11.3 Å². The van der Waals surface area contributed by atoms with Crippen LogP contribution >= 0.6 is 0 Å². The van der Waals surface area contributed by atoms with E-state index in [0.29, 0.717) is 11.4 Å². The molecule has 0 aromatic heterocycles. The van der Waals surface area contributed by atoms with E-state index in [-0.39, 0.29) is 24.5 Å². The predicted octanol–water partition coefficient (Wildman–Crippen LogP) is 3.77. The lowest BCUT2D eigenvalue weighted by Crippen LogP contribution is -2.40. The molecular weight excluding hydrogens is 316 g/mol. The summed E-state index contributed by atoms with van der Waals surface area (Å²) in [5.41, 5.74) is 2.37. The number of carbonyl (C=O) groups excluding carboxylic acids is 2. The molecule has 2 aromatic carbocycles. The number of amides is 2. The van der Waals surface area contributed by atoms with Crippen LogP contribution in [0.2, 0.25) is 0 Å². The zero-order valence-electron chi connectivity index (χ0n) is 15.1. The summed E-state index contributed by atoms with van der Waals surface area (Å²) in [5, 5.41) is 2.72. The Morgan fingerprint density at radius 1 is 1.12 bits per heavy atom. The highest BCUT2D eigenvalue weighted by molar-refractivity contribution is 5.95. The van der Waals surface area contributed by atoms with Crippen LogP contribution in [0, 0.1) is 6.92 Å². The lowest BCUT2D eigenvalue weighted by atomic mass is 10.2. The molecular formula is C20H24N2O3. The second kappa shape index (κ2) is 8.33. The number of benzene rings is 2. The summed E-state index contributed by atoms with van der Waals surface area (Å²) in [5.74, 6) is 0.157. The minimum atomic E-state index is -0.187. The van der Waals surface area contributed by atoms with E-state index < -0.39 is 0 Å². The van der Waals surface area contributed by atoms with Crippen molar-refractivity contribution in [2.75, 3.05) is 16.8 Å². The topological polar surface area (TPSA) is 58.6 Å². The fraction of sp³-hybridized carbons (Fsp3) is 0.300. The normalized spacial score (nSPS) is 10.4.